The van der Waals surface area contributed by atoms with E-state index < -0.39 is 29.5 Å². The lowest BCUT2D eigenvalue weighted by Gasteiger charge is -2.39. The summed E-state index contributed by atoms with van der Waals surface area (Å²) in [6.45, 7) is 6.13. The van der Waals surface area contributed by atoms with Crippen molar-refractivity contribution in [3.63, 3.8) is 0 Å². The van der Waals surface area contributed by atoms with Crippen molar-refractivity contribution in [1.29, 1.82) is 0 Å². The summed E-state index contributed by atoms with van der Waals surface area (Å²) in [5.41, 5.74) is 0.627. The number of carbonyl (C=O) groups excluding carboxylic acids is 2. The number of anilines is 1. The first-order valence-corrected chi connectivity index (χ1v) is 13.3. The number of likely N-dealkylation sites (tertiary alicyclic amines) is 1. The molecule has 5 rings (SSSR count). The van der Waals surface area contributed by atoms with Gasteiger partial charge in [0.2, 0.25) is 0 Å². The van der Waals surface area contributed by atoms with E-state index in [1.54, 1.807) is 68.4 Å². The van der Waals surface area contributed by atoms with Gasteiger partial charge in [-0.2, -0.15) is 4.68 Å². The van der Waals surface area contributed by atoms with Gasteiger partial charge < -0.3 is 9.64 Å². The highest BCUT2D eigenvalue weighted by atomic mass is 79.9. The van der Waals surface area contributed by atoms with Crippen LogP contribution in [0.15, 0.2) is 59.3 Å². The van der Waals surface area contributed by atoms with E-state index in [9.17, 15) is 9.59 Å². The summed E-state index contributed by atoms with van der Waals surface area (Å²) < 4.78 is 23.1. The van der Waals surface area contributed by atoms with Crippen LogP contribution in [0.25, 0.3) is 16.9 Å². The van der Waals surface area contributed by atoms with E-state index in [1.807, 2.05) is 0 Å². The van der Waals surface area contributed by atoms with Crippen LogP contribution in [-0.4, -0.2) is 66.6 Å². The summed E-state index contributed by atoms with van der Waals surface area (Å²) in [4.78, 5) is 38.5. The monoisotopic (exact) mass is 595 g/mol. The highest BCUT2D eigenvalue weighted by Crippen LogP contribution is 2.31. The minimum Gasteiger partial charge on any atom is -0.444 e. The lowest BCUT2D eigenvalue weighted by molar-refractivity contribution is 0.0195. The number of nitrogens with zero attached hydrogens (tertiary/aromatic N) is 7. The summed E-state index contributed by atoms with van der Waals surface area (Å²) in [5, 5.41) is 8.14. The highest BCUT2D eigenvalue weighted by molar-refractivity contribution is 9.10. The topological polar surface area (TPSA) is 106 Å². The zero-order valence-corrected chi connectivity index (χ0v) is 23.3. The maximum Gasteiger partial charge on any atom is 0.410 e. The minimum absolute atomic E-state index is 0.136. The van der Waals surface area contributed by atoms with Crippen LogP contribution in [-0.2, 0) is 4.74 Å². The molecule has 0 N–H and O–H groups in total. The van der Waals surface area contributed by atoms with Gasteiger partial charge >= 0.3 is 6.09 Å². The van der Waals surface area contributed by atoms with Gasteiger partial charge in [-0.25, -0.2) is 19.2 Å². The first-order chi connectivity index (χ1) is 18.6. The van der Waals surface area contributed by atoms with Crippen molar-refractivity contribution < 1.29 is 18.7 Å². The second-order valence-electron chi connectivity index (χ2n) is 10.2. The Balaban J connectivity index is 1.48. The van der Waals surface area contributed by atoms with Crippen LogP contribution in [0.4, 0.5) is 15.0 Å². The second-order valence-corrected chi connectivity index (χ2v) is 11.1. The number of fused-ring (bicyclic) bond motifs is 1. The second kappa shape index (κ2) is 10.7. The Hall–Kier alpha value is -3.93. The van der Waals surface area contributed by atoms with Gasteiger partial charge in [-0.15, -0.1) is 5.10 Å². The molecule has 2 amide bonds. The van der Waals surface area contributed by atoms with Crippen molar-refractivity contribution in [2.45, 2.75) is 45.3 Å². The molecule has 0 spiro atoms. The molecule has 1 saturated heterocycles. The predicted octanol–water partition coefficient (Wildman–Crippen LogP) is 5.16. The molecule has 0 aliphatic carbocycles. The van der Waals surface area contributed by atoms with E-state index >= 15 is 4.39 Å². The van der Waals surface area contributed by atoms with Gasteiger partial charge in [-0.05, 0) is 85.9 Å². The highest BCUT2D eigenvalue weighted by Gasteiger charge is 2.36. The number of benzene rings is 1. The summed E-state index contributed by atoms with van der Waals surface area (Å²) >= 11 is 3.49. The Labute approximate surface area is 232 Å². The number of carbonyl (C=O) groups is 2. The fourth-order valence-electron chi connectivity index (χ4n) is 4.53. The van der Waals surface area contributed by atoms with Crippen LogP contribution in [0.2, 0.25) is 0 Å². The molecule has 4 heterocycles. The molecule has 12 heteroatoms. The fourth-order valence-corrected chi connectivity index (χ4v) is 4.97. The molecule has 4 aromatic rings. The van der Waals surface area contributed by atoms with Crippen LogP contribution in [0.3, 0.4) is 0 Å². The van der Waals surface area contributed by atoms with Gasteiger partial charge in [-0.1, -0.05) is 5.21 Å². The van der Waals surface area contributed by atoms with Gasteiger partial charge in [-0.3, -0.25) is 9.69 Å². The number of rotatable bonds is 4. The molecule has 39 heavy (non-hydrogen) atoms. The Morgan fingerprint density at radius 1 is 1.13 bits per heavy atom. The quantitative estimate of drug-likeness (QED) is 0.321. The largest absolute Gasteiger partial charge is 0.444 e. The molecular weight excluding hydrogens is 569 g/mol. The van der Waals surface area contributed by atoms with Gasteiger partial charge in [0, 0.05) is 31.5 Å². The Morgan fingerprint density at radius 3 is 2.64 bits per heavy atom. The normalized spacial score (nSPS) is 15.8. The molecule has 3 aromatic heterocycles. The molecule has 10 nitrogen and oxygen atoms in total. The number of aromatic nitrogens is 5. The van der Waals surface area contributed by atoms with E-state index in [0.29, 0.717) is 46.5 Å². The average molecular weight is 596 g/mol. The number of halogens is 2. The maximum atomic E-state index is 15.6. The molecular formula is C27H27BrFN7O3. The van der Waals surface area contributed by atoms with Crippen LogP contribution >= 0.6 is 15.9 Å². The zero-order chi connectivity index (χ0) is 27.7. The minimum atomic E-state index is -0.728. The number of hydrogen-bond donors (Lipinski definition) is 0. The molecule has 1 aliphatic rings. The third-order valence-electron chi connectivity index (χ3n) is 6.24. The SMILES string of the molecule is CC(C)(C)OC(=O)N1CCC[C@@H](N(C(=O)c2ccc(-n3nnc4cccnc43)cc2F)c2ncccc2Br)C1. The van der Waals surface area contributed by atoms with Crippen LogP contribution in [0.5, 0.6) is 0 Å². The first-order valence-electron chi connectivity index (χ1n) is 12.5. The Bertz CT molecular complexity index is 1540. The molecule has 0 bridgehead atoms. The molecule has 1 fully saturated rings. The smallest absolute Gasteiger partial charge is 0.410 e. The van der Waals surface area contributed by atoms with Crippen molar-refractivity contribution in [3.05, 3.63) is 70.7 Å². The van der Waals surface area contributed by atoms with Gasteiger partial charge in [0.25, 0.3) is 5.91 Å². The first kappa shape index (κ1) is 26.7. The molecule has 1 aliphatic heterocycles. The van der Waals surface area contributed by atoms with Crippen molar-refractivity contribution in [3.8, 4) is 5.69 Å². The molecule has 202 valence electrons. The number of pyridine rings is 2. The van der Waals surface area contributed by atoms with E-state index in [-0.39, 0.29) is 12.1 Å². The Morgan fingerprint density at radius 2 is 1.90 bits per heavy atom. The van der Waals surface area contributed by atoms with E-state index in [4.69, 9.17) is 4.74 Å². The fraction of sp³-hybridized carbons (Fsp3) is 0.333. The lowest BCUT2D eigenvalue weighted by atomic mass is 10.0. The molecule has 0 saturated carbocycles. The molecule has 1 atom stereocenters. The summed E-state index contributed by atoms with van der Waals surface area (Å²) in [6.07, 6.45) is 3.96. The standard InChI is InChI=1S/C27H27BrFN7O3/c1-27(2,3)39-26(38)34-14-6-7-18(16-34)35(23-20(28)8-4-12-30-23)25(37)19-11-10-17(15-21(19)29)36-24-22(32-33-36)9-5-13-31-24/h4-5,8-13,15,18H,6-7,14,16H2,1-3H3/t18-/m1/s1. The van der Waals surface area contributed by atoms with Crippen LogP contribution < -0.4 is 4.90 Å². The Kier molecular flexibility index (Phi) is 7.30. The van der Waals surface area contributed by atoms with E-state index in [0.717, 1.165) is 0 Å². The lowest BCUT2D eigenvalue weighted by Crippen LogP contribution is -2.53. The van der Waals surface area contributed by atoms with Crippen LogP contribution in [0, 0.1) is 5.82 Å². The third-order valence-corrected chi connectivity index (χ3v) is 6.85. The van der Waals surface area contributed by atoms with Crippen molar-refractivity contribution in [2.24, 2.45) is 0 Å². The van der Waals surface area contributed by atoms with E-state index in [2.05, 4.69) is 36.2 Å². The molecule has 0 unspecified atom stereocenters. The molecule has 0 radical (unpaired) electrons. The van der Waals surface area contributed by atoms with Gasteiger partial charge in [0.05, 0.1) is 21.8 Å². The number of hydrogen-bond acceptors (Lipinski definition) is 7. The molecule has 1 aromatic carbocycles. The number of piperidine rings is 1. The maximum absolute atomic E-state index is 15.6. The van der Waals surface area contributed by atoms with Gasteiger partial charge in [0.1, 0.15) is 22.8 Å². The number of ether oxygens (including phenoxy) is 1. The van der Waals surface area contributed by atoms with Crippen molar-refractivity contribution >= 4 is 44.9 Å². The van der Waals surface area contributed by atoms with Crippen LogP contribution in [0.1, 0.15) is 44.0 Å². The van der Waals surface area contributed by atoms with Gasteiger partial charge in [0.15, 0.2) is 5.65 Å². The summed E-state index contributed by atoms with van der Waals surface area (Å²) in [6, 6.07) is 10.8. The summed E-state index contributed by atoms with van der Waals surface area (Å²) in [7, 11) is 0. The van der Waals surface area contributed by atoms with Crippen molar-refractivity contribution in [2.75, 3.05) is 18.0 Å². The van der Waals surface area contributed by atoms with Crippen molar-refractivity contribution in [1.82, 2.24) is 29.9 Å². The average Bonchev–Trinajstić information content (AvgIpc) is 3.33. The third kappa shape index (κ3) is 5.60. The zero-order valence-electron chi connectivity index (χ0n) is 21.7. The van der Waals surface area contributed by atoms with E-state index in [1.165, 1.54) is 21.7 Å². The number of amides is 2. The summed E-state index contributed by atoms with van der Waals surface area (Å²) in [5.74, 6) is -0.960. The predicted molar refractivity (Wildman–Crippen MR) is 146 cm³/mol.